The number of likely N-dealkylation sites (tertiary alicyclic amines) is 2. The zero-order valence-corrected chi connectivity index (χ0v) is 23.1. The molecule has 1 aromatic heterocycles. The van der Waals surface area contributed by atoms with Gasteiger partial charge in [0.2, 0.25) is 5.91 Å². The van der Waals surface area contributed by atoms with E-state index < -0.39 is 0 Å². The van der Waals surface area contributed by atoms with Crippen molar-refractivity contribution in [2.45, 2.75) is 57.5 Å². The lowest BCUT2D eigenvalue weighted by molar-refractivity contribution is -0.138. The lowest BCUT2D eigenvalue weighted by Crippen LogP contribution is -2.48. The van der Waals surface area contributed by atoms with Gasteiger partial charge in [-0.3, -0.25) is 19.7 Å². The van der Waals surface area contributed by atoms with E-state index >= 15 is 0 Å². The van der Waals surface area contributed by atoms with Crippen molar-refractivity contribution < 1.29 is 4.79 Å². The molecule has 38 heavy (non-hydrogen) atoms. The second-order valence-corrected chi connectivity index (χ2v) is 10.8. The van der Waals surface area contributed by atoms with Crippen LogP contribution in [0.1, 0.15) is 50.5 Å². The van der Waals surface area contributed by atoms with Crippen LogP contribution in [0.15, 0.2) is 77.5 Å². The van der Waals surface area contributed by atoms with Gasteiger partial charge in [0, 0.05) is 73.0 Å². The van der Waals surface area contributed by atoms with E-state index in [1.807, 2.05) is 12.4 Å². The number of halogens is 1. The van der Waals surface area contributed by atoms with Gasteiger partial charge in [0.15, 0.2) is 0 Å². The topological polar surface area (TPSA) is 72.9 Å². The molecule has 204 valence electrons. The molecule has 2 saturated heterocycles. The van der Waals surface area contributed by atoms with Crippen LogP contribution in [0.2, 0.25) is 0 Å². The summed E-state index contributed by atoms with van der Waals surface area (Å²) < 4.78 is 0. The van der Waals surface area contributed by atoms with Crippen LogP contribution in [-0.2, 0) is 11.3 Å². The average molecular weight is 537 g/mol. The lowest BCUT2D eigenvalue weighted by atomic mass is 9.93. The SMILES string of the molecule is C=CN=C(C=C)CNC1=C(NC2CCN(C(=O)C3CCN(Cc4ccncc4)CC3)CC2)CCC(Cl)=CC1. The van der Waals surface area contributed by atoms with E-state index in [1.165, 1.54) is 17.5 Å². The molecule has 0 saturated carbocycles. The van der Waals surface area contributed by atoms with Gasteiger partial charge >= 0.3 is 0 Å². The van der Waals surface area contributed by atoms with E-state index in [-0.39, 0.29) is 5.92 Å². The molecule has 0 unspecified atom stereocenters. The number of nitrogens with one attached hydrogen (secondary N) is 2. The number of pyridine rings is 1. The van der Waals surface area contributed by atoms with Gasteiger partial charge in [0.25, 0.3) is 0 Å². The maximum absolute atomic E-state index is 13.3. The molecule has 3 aliphatic rings. The first kappa shape index (κ1) is 28.1. The zero-order valence-electron chi connectivity index (χ0n) is 22.4. The van der Waals surface area contributed by atoms with Crippen LogP contribution in [0.25, 0.3) is 0 Å². The number of piperidine rings is 2. The molecule has 0 atom stereocenters. The van der Waals surface area contributed by atoms with Crippen molar-refractivity contribution >= 4 is 23.2 Å². The van der Waals surface area contributed by atoms with Crippen molar-refractivity contribution in [1.29, 1.82) is 0 Å². The number of nitrogens with zero attached hydrogens (tertiary/aromatic N) is 4. The third-order valence-electron chi connectivity index (χ3n) is 7.76. The number of carbonyl (C=O) groups excluding carboxylic acids is 1. The number of aromatic nitrogens is 1. The predicted molar refractivity (Wildman–Crippen MR) is 156 cm³/mol. The Morgan fingerprint density at radius 2 is 1.82 bits per heavy atom. The number of rotatable bonds is 10. The monoisotopic (exact) mass is 536 g/mol. The molecule has 2 N–H and O–H groups in total. The Bertz CT molecular complexity index is 1050. The molecule has 1 amide bonds. The summed E-state index contributed by atoms with van der Waals surface area (Å²) in [6.07, 6.45) is 15.3. The summed E-state index contributed by atoms with van der Waals surface area (Å²) in [6.45, 7) is 12.6. The molecular weight excluding hydrogens is 496 g/mol. The Morgan fingerprint density at radius 1 is 1.08 bits per heavy atom. The van der Waals surface area contributed by atoms with Crippen LogP contribution < -0.4 is 10.6 Å². The van der Waals surface area contributed by atoms with Crippen molar-refractivity contribution in [2.24, 2.45) is 10.9 Å². The summed E-state index contributed by atoms with van der Waals surface area (Å²) in [5.74, 6) is 0.496. The Balaban J connectivity index is 1.26. The van der Waals surface area contributed by atoms with Crippen LogP contribution >= 0.6 is 11.6 Å². The molecule has 2 fully saturated rings. The van der Waals surface area contributed by atoms with E-state index in [4.69, 9.17) is 11.6 Å². The number of allylic oxidation sites excluding steroid dienone is 3. The Labute approximate surface area is 232 Å². The average Bonchev–Trinajstić information content (AvgIpc) is 3.13. The number of hydrogen-bond donors (Lipinski definition) is 2. The van der Waals surface area contributed by atoms with Crippen molar-refractivity contribution in [3.8, 4) is 0 Å². The maximum atomic E-state index is 13.3. The number of hydrogen-bond acceptors (Lipinski definition) is 6. The first-order valence-corrected chi connectivity index (χ1v) is 14.2. The normalized spacial score (nSPS) is 20.5. The summed E-state index contributed by atoms with van der Waals surface area (Å²) in [7, 11) is 0. The van der Waals surface area contributed by atoms with E-state index in [0.717, 1.165) is 94.1 Å². The van der Waals surface area contributed by atoms with Gasteiger partial charge in [0.05, 0.1) is 12.3 Å². The molecule has 8 heteroatoms. The smallest absolute Gasteiger partial charge is 0.225 e. The molecule has 7 nitrogen and oxygen atoms in total. The van der Waals surface area contributed by atoms with Gasteiger partial charge in [-0.05, 0) is 75.4 Å². The van der Waals surface area contributed by atoms with Gasteiger partial charge in [-0.1, -0.05) is 30.8 Å². The molecule has 0 radical (unpaired) electrons. The van der Waals surface area contributed by atoms with Gasteiger partial charge in [-0.25, -0.2) is 0 Å². The van der Waals surface area contributed by atoms with E-state index in [2.05, 4.69) is 61.8 Å². The summed E-state index contributed by atoms with van der Waals surface area (Å²) in [6, 6.07) is 4.49. The molecule has 0 aromatic carbocycles. The molecule has 1 aliphatic carbocycles. The summed E-state index contributed by atoms with van der Waals surface area (Å²) in [5.41, 5.74) is 4.49. The third-order valence-corrected chi connectivity index (χ3v) is 8.10. The largest absolute Gasteiger partial charge is 0.384 e. The number of amides is 1. The quantitative estimate of drug-likeness (QED) is 0.422. The second-order valence-electron chi connectivity index (χ2n) is 10.3. The lowest BCUT2D eigenvalue weighted by Gasteiger charge is -2.38. The van der Waals surface area contributed by atoms with Crippen molar-refractivity contribution in [2.75, 3.05) is 32.7 Å². The first-order valence-electron chi connectivity index (χ1n) is 13.8. The second kappa shape index (κ2) is 14.3. The van der Waals surface area contributed by atoms with E-state index in [9.17, 15) is 4.79 Å². The van der Waals surface area contributed by atoms with Crippen LogP contribution in [0.3, 0.4) is 0 Å². The molecule has 4 rings (SSSR count). The standard InChI is InChI=1S/C30H41ClN6O/c1-3-26(33-4-2)21-34-28-7-5-25(31)6-8-29(28)35-27-13-19-37(20-14-27)30(38)24-11-17-36(18-12-24)22-23-9-15-32-16-10-23/h3-5,9-10,15-16,24,27,34-35H,1-2,6-8,11-14,17-22H2. The van der Waals surface area contributed by atoms with Crippen molar-refractivity contribution in [3.63, 3.8) is 0 Å². The van der Waals surface area contributed by atoms with Crippen LogP contribution in [0, 0.1) is 5.92 Å². The molecule has 1 aromatic rings. The summed E-state index contributed by atoms with van der Waals surface area (Å²) >= 11 is 6.39. The highest BCUT2D eigenvalue weighted by Gasteiger charge is 2.31. The van der Waals surface area contributed by atoms with E-state index in [1.54, 1.807) is 6.08 Å². The first-order chi connectivity index (χ1) is 18.6. The Hall–Kier alpha value is -2.90. The summed E-state index contributed by atoms with van der Waals surface area (Å²) in [4.78, 5) is 26.2. The van der Waals surface area contributed by atoms with Gasteiger partial charge < -0.3 is 15.5 Å². The van der Waals surface area contributed by atoms with Gasteiger partial charge in [0.1, 0.15) is 0 Å². The van der Waals surface area contributed by atoms with Crippen LogP contribution in [-0.4, -0.2) is 65.2 Å². The molecular formula is C30H41ClN6O. The fourth-order valence-electron chi connectivity index (χ4n) is 5.49. The fraction of sp³-hybridized carbons (Fsp3) is 0.500. The summed E-state index contributed by atoms with van der Waals surface area (Å²) in [5, 5.41) is 8.24. The number of aliphatic imine (C=N–C) groups is 1. The minimum absolute atomic E-state index is 0.151. The predicted octanol–water partition coefficient (Wildman–Crippen LogP) is 4.75. The van der Waals surface area contributed by atoms with E-state index in [0.29, 0.717) is 18.5 Å². The van der Waals surface area contributed by atoms with Gasteiger partial charge in [-0.2, -0.15) is 0 Å². The van der Waals surface area contributed by atoms with Gasteiger partial charge in [-0.15, -0.1) is 0 Å². The van der Waals surface area contributed by atoms with Crippen molar-refractivity contribution in [1.82, 2.24) is 25.4 Å². The third kappa shape index (κ3) is 8.05. The highest BCUT2D eigenvalue weighted by atomic mass is 35.5. The minimum atomic E-state index is 0.151. The zero-order chi connectivity index (χ0) is 26.7. The van der Waals surface area contributed by atoms with Crippen LogP contribution in [0.5, 0.6) is 0 Å². The molecule has 0 spiro atoms. The van der Waals surface area contributed by atoms with Crippen LogP contribution in [0.4, 0.5) is 0 Å². The molecule has 3 heterocycles. The van der Waals surface area contributed by atoms with Crippen molar-refractivity contribution in [3.05, 3.63) is 78.0 Å². The number of carbonyl (C=O) groups is 1. The Morgan fingerprint density at radius 3 is 2.50 bits per heavy atom. The molecule has 2 aliphatic heterocycles. The Kier molecular flexibility index (Phi) is 10.6. The maximum Gasteiger partial charge on any atom is 0.225 e. The highest BCUT2D eigenvalue weighted by molar-refractivity contribution is 6.29. The minimum Gasteiger partial charge on any atom is -0.384 e. The molecule has 0 bridgehead atoms. The highest BCUT2D eigenvalue weighted by Crippen LogP contribution is 2.26. The fourth-order valence-corrected chi connectivity index (χ4v) is 5.66.